The van der Waals surface area contributed by atoms with E-state index in [9.17, 15) is 4.79 Å². The number of guanidine groups is 1. The number of amides is 1. The monoisotopic (exact) mass is 235 g/mol. The van der Waals surface area contributed by atoms with Crippen molar-refractivity contribution < 1.29 is 4.79 Å². The Morgan fingerprint density at radius 2 is 1.88 bits per heavy atom. The van der Waals surface area contributed by atoms with Crippen molar-refractivity contribution in [3.63, 3.8) is 0 Å². The van der Waals surface area contributed by atoms with Crippen LogP contribution in [0, 0.1) is 0 Å². The Bertz CT molecular complexity index is 410. The zero-order chi connectivity index (χ0) is 12.8. The normalized spacial score (nSPS) is 11.4. The van der Waals surface area contributed by atoms with E-state index in [0.29, 0.717) is 11.5 Å². The van der Waals surface area contributed by atoms with Crippen LogP contribution in [0.25, 0.3) is 0 Å². The van der Waals surface area contributed by atoms with Gasteiger partial charge in [-0.3, -0.25) is 10.2 Å². The van der Waals surface area contributed by atoms with Crippen LogP contribution >= 0.6 is 0 Å². The summed E-state index contributed by atoms with van der Waals surface area (Å²) >= 11 is 0. The van der Waals surface area contributed by atoms with Crippen LogP contribution in [0.1, 0.15) is 24.2 Å². The molecule has 0 aliphatic rings. The summed E-state index contributed by atoms with van der Waals surface area (Å²) in [5, 5.41) is 2.99. The number of hydrazine groups is 1. The Kier molecular flexibility index (Phi) is 4.47. The van der Waals surface area contributed by atoms with Crippen molar-refractivity contribution in [3.8, 4) is 0 Å². The molecule has 0 spiro atoms. The predicted molar refractivity (Wildman–Crippen MR) is 68.5 cm³/mol. The smallest absolute Gasteiger partial charge is 0.248 e. The Morgan fingerprint density at radius 1 is 1.29 bits per heavy atom. The average Bonchev–Trinajstić information content (AvgIpc) is 2.28. The number of primary amides is 1. The summed E-state index contributed by atoms with van der Waals surface area (Å²) in [4.78, 5) is 15.1. The van der Waals surface area contributed by atoms with Gasteiger partial charge in [0.15, 0.2) is 0 Å². The predicted octanol–water partition coefficient (Wildman–Crippen LogP) is 0.425. The van der Waals surface area contributed by atoms with Gasteiger partial charge >= 0.3 is 0 Å². The molecule has 1 amide bonds. The van der Waals surface area contributed by atoms with Crippen LogP contribution in [0.15, 0.2) is 29.3 Å². The van der Waals surface area contributed by atoms with Crippen molar-refractivity contribution in [3.05, 3.63) is 29.8 Å². The van der Waals surface area contributed by atoms with E-state index in [1.807, 2.05) is 13.8 Å². The van der Waals surface area contributed by atoms with Crippen LogP contribution in [0.2, 0.25) is 0 Å². The lowest BCUT2D eigenvalue weighted by Gasteiger charge is -2.10. The van der Waals surface area contributed by atoms with E-state index in [-0.39, 0.29) is 6.04 Å². The number of carbonyl (C=O) groups excluding carboxylic acids is 1. The van der Waals surface area contributed by atoms with Crippen LogP contribution in [0.4, 0.5) is 5.69 Å². The van der Waals surface area contributed by atoms with E-state index >= 15 is 0 Å². The number of nitrogens with zero attached hydrogens (tertiary/aromatic N) is 1. The molecule has 6 N–H and O–H groups in total. The first-order chi connectivity index (χ1) is 8.02. The molecule has 0 fully saturated rings. The maximum Gasteiger partial charge on any atom is 0.248 e. The Balaban J connectivity index is 2.77. The van der Waals surface area contributed by atoms with Gasteiger partial charge in [-0.25, -0.2) is 10.8 Å². The third-order valence-corrected chi connectivity index (χ3v) is 1.96. The Hall–Kier alpha value is -2.08. The van der Waals surface area contributed by atoms with E-state index in [0.717, 1.165) is 5.69 Å². The number of nitrogens with one attached hydrogen (secondary N) is 2. The van der Waals surface area contributed by atoms with Crippen molar-refractivity contribution in [2.75, 3.05) is 5.32 Å². The third-order valence-electron chi connectivity index (χ3n) is 1.96. The number of hydrogen-bond acceptors (Lipinski definition) is 3. The fourth-order valence-electron chi connectivity index (χ4n) is 1.22. The molecule has 0 heterocycles. The molecule has 6 heteroatoms. The van der Waals surface area contributed by atoms with Crippen molar-refractivity contribution in [2.45, 2.75) is 19.9 Å². The first-order valence-electron chi connectivity index (χ1n) is 5.24. The zero-order valence-corrected chi connectivity index (χ0v) is 9.90. The molecule has 0 bridgehead atoms. The summed E-state index contributed by atoms with van der Waals surface area (Å²) in [6.07, 6.45) is 0. The zero-order valence-electron chi connectivity index (χ0n) is 9.90. The highest BCUT2D eigenvalue weighted by atomic mass is 16.1. The van der Waals surface area contributed by atoms with Gasteiger partial charge in [0.05, 0.1) is 0 Å². The SMILES string of the molecule is CC(C)N=C(NN)Nc1ccc(C(N)=O)cc1. The van der Waals surface area contributed by atoms with Gasteiger partial charge in [-0.15, -0.1) is 0 Å². The second-order valence-corrected chi connectivity index (χ2v) is 3.78. The summed E-state index contributed by atoms with van der Waals surface area (Å²) < 4.78 is 0. The lowest BCUT2D eigenvalue weighted by Crippen LogP contribution is -2.36. The number of nitrogens with two attached hydrogens (primary N) is 2. The van der Waals surface area contributed by atoms with E-state index < -0.39 is 5.91 Å². The van der Waals surface area contributed by atoms with E-state index in [1.165, 1.54) is 0 Å². The first-order valence-corrected chi connectivity index (χ1v) is 5.24. The van der Waals surface area contributed by atoms with Crippen LogP contribution in [-0.2, 0) is 0 Å². The van der Waals surface area contributed by atoms with Crippen LogP contribution in [0.3, 0.4) is 0 Å². The lowest BCUT2D eigenvalue weighted by molar-refractivity contribution is 0.100. The molecule has 1 aromatic carbocycles. The number of benzene rings is 1. The lowest BCUT2D eigenvalue weighted by atomic mass is 10.2. The van der Waals surface area contributed by atoms with Crippen LogP contribution in [-0.4, -0.2) is 17.9 Å². The molecule has 0 aliphatic carbocycles. The minimum atomic E-state index is -0.454. The molecule has 0 atom stereocenters. The largest absolute Gasteiger partial charge is 0.366 e. The highest BCUT2D eigenvalue weighted by Gasteiger charge is 2.02. The van der Waals surface area contributed by atoms with Gasteiger partial charge in [0, 0.05) is 17.3 Å². The van der Waals surface area contributed by atoms with Crippen LogP contribution in [0.5, 0.6) is 0 Å². The molecule has 0 radical (unpaired) electrons. The molecule has 1 rings (SSSR count). The summed E-state index contributed by atoms with van der Waals surface area (Å²) in [6.45, 7) is 3.88. The number of carbonyl (C=O) groups is 1. The molecule has 1 aromatic rings. The fraction of sp³-hybridized carbons (Fsp3) is 0.273. The van der Waals surface area contributed by atoms with Crippen LogP contribution < -0.4 is 22.3 Å². The summed E-state index contributed by atoms with van der Waals surface area (Å²) in [5.74, 6) is 5.34. The van der Waals surface area contributed by atoms with Crippen molar-refractivity contribution in [1.82, 2.24) is 5.43 Å². The quantitative estimate of drug-likeness (QED) is 0.264. The molecule has 0 aromatic heterocycles. The summed E-state index contributed by atoms with van der Waals surface area (Å²) in [6, 6.07) is 6.85. The molecule has 0 saturated heterocycles. The minimum absolute atomic E-state index is 0.124. The number of hydrogen-bond donors (Lipinski definition) is 4. The molecule has 17 heavy (non-hydrogen) atoms. The maximum absolute atomic E-state index is 10.9. The molecular weight excluding hydrogens is 218 g/mol. The van der Waals surface area contributed by atoms with Gasteiger partial charge in [-0.05, 0) is 38.1 Å². The van der Waals surface area contributed by atoms with Gasteiger partial charge in [0.25, 0.3) is 0 Å². The Labute approximate surface area is 100 Å². The van der Waals surface area contributed by atoms with Gasteiger partial charge in [0.2, 0.25) is 11.9 Å². The first kappa shape index (κ1) is 13.0. The second-order valence-electron chi connectivity index (χ2n) is 3.78. The maximum atomic E-state index is 10.9. The number of anilines is 1. The standard InChI is InChI=1S/C11H17N5O/c1-7(2)14-11(16-13)15-9-5-3-8(4-6-9)10(12)17/h3-7H,13H2,1-2H3,(H2,12,17)(H2,14,15,16). The number of rotatable bonds is 3. The molecule has 0 aliphatic heterocycles. The van der Waals surface area contributed by atoms with Gasteiger partial charge in [-0.2, -0.15) is 0 Å². The highest BCUT2D eigenvalue weighted by molar-refractivity contribution is 5.95. The van der Waals surface area contributed by atoms with Crippen molar-refractivity contribution >= 4 is 17.6 Å². The minimum Gasteiger partial charge on any atom is -0.366 e. The summed E-state index contributed by atoms with van der Waals surface area (Å²) in [5.41, 5.74) is 8.84. The van der Waals surface area contributed by atoms with Gasteiger partial charge in [-0.1, -0.05) is 0 Å². The highest BCUT2D eigenvalue weighted by Crippen LogP contribution is 2.08. The topological polar surface area (TPSA) is 106 Å². The van der Waals surface area contributed by atoms with Crippen molar-refractivity contribution in [2.24, 2.45) is 16.6 Å². The van der Waals surface area contributed by atoms with Gasteiger partial charge in [0.1, 0.15) is 0 Å². The van der Waals surface area contributed by atoms with E-state index in [4.69, 9.17) is 11.6 Å². The summed E-state index contributed by atoms with van der Waals surface area (Å²) in [7, 11) is 0. The van der Waals surface area contributed by atoms with Gasteiger partial charge < -0.3 is 11.1 Å². The molecule has 6 nitrogen and oxygen atoms in total. The third kappa shape index (κ3) is 4.12. The molecule has 0 unspecified atom stereocenters. The number of aliphatic imine (C=N–C) groups is 1. The van der Waals surface area contributed by atoms with Crippen molar-refractivity contribution in [1.29, 1.82) is 0 Å². The van der Waals surface area contributed by atoms with E-state index in [1.54, 1.807) is 24.3 Å². The molecular formula is C11H17N5O. The Morgan fingerprint density at radius 3 is 2.29 bits per heavy atom. The molecule has 92 valence electrons. The fourth-order valence-corrected chi connectivity index (χ4v) is 1.22. The molecule has 0 saturated carbocycles. The average molecular weight is 235 g/mol. The second kappa shape index (κ2) is 5.86. The van der Waals surface area contributed by atoms with E-state index in [2.05, 4.69) is 15.7 Å².